The van der Waals surface area contributed by atoms with Gasteiger partial charge in [0, 0.05) is 44.4 Å². The van der Waals surface area contributed by atoms with Crippen LogP contribution in [0.1, 0.15) is 34.2 Å². The second kappa shape index (κ2) is 7.34. The van der Waals surface area contributed by atoms with Crippen molar-refractivity contribution < 1.29 is 18.3 Å². The molecule has 0 bridgehead atoms. The van der Waals surface area contributed by atoms with Crippen molar-refractivity contribution in [3.8, 4) is 11.3 Å². The van der Waals surface area contributed by atoms with E-state index in [-0.39, 0.29) is 11.5 Å². The summed E-state index contributed by atoms with van der Waals surface area (Å²) in [5.41, 5.74) is 2.29. The van der Waals surface area contributed by atoms with E-state index in [1.807, 2.05) is 6.07 Å². The number of hydrogen-bond donors (Lipinski definition) is 1. The summed E-state index contributed by atoms with van der Waals surface area (Å²) in [6.45, 7) is 2.58. The SMILES string of the molecule is Cc1nc(-c2cccc(C(=O)O)c2)cc([C@H]2CCN(S(=O)(=O)N(C)C)C2)n1. The lowest BCUT2D eigenvalue weighted by Crippen LogP contribution is -2.38. The molecule has 0 aliphatic carbocycles. The molecule has 9 heteroatoms. The highest BCUT2D eigenvalue weighted by Gasteiger charge is 2.34. The molecule has 144 valence electrons. The second-order valence-corrected chi connectivity index (χ2v) is 8.89. The van der Waals surface area contributed by atoms with Crippen LogP contribution in [-0.2, 0) is 10.2 Å². The van der Waals surface area contributed by atoms with Gasteiger partial charge in [0.2, 0.25) is 0 Å². The van der Waals surface area contributed by atoms with Gasteiger partial charge in [0.15, 0.2) is 0 Å². The van der Waals surface area contributed by atoms with Crippen molar-refractivity contribution in [2.45, 2.75) is 19.3 Å². The minimum atomic E-state index is -3.45. The van der Waals surface area contributed by atoms with Crippen molar-refractivity contribution in [3.05, 3.63) is 47.4 Å². The van der Waals surface area contributed by atoms with Crippen LogP contribution in [0.5, 0.6) is 0 Å². The van der Waals surface area contributed by atoms with Crippen molar-refractivity contribution >= 4 is 16.2 Å². The number of benzene rings is 1. The maximum Gasteiger partial charge on any atom is 0.335 e. The minimum absolute atomic E-state index is 0.0252. The molecule has 0 radical (unpaired) electrons. The Kier molecular flexibility index (Phi) is 5.27. The number of carboxylic acids is 1. The Labute approximate surface area is 158 Å². The van der Waals surface area contributed by atoms with Crippen LogP contribution in [0.15, 0.2) is 30.3 Å². The molecule has 1 fully saturated rings. The van der Waals surface area contributed by atoms with Gasteiger partial charge >= 0.3 is 5.97 Å². The number of aromatic nitrogens is 2. The fraction of sp³-hybridized carbons (Fsp3) is 0.389. The highest BCUT2D eigenvalue weighted by molar-refractivity contribution is 7.86. The summed E-state index contributed by atoms with van der Waals surface area (Å²) >= 11 is 0. The van der Waals surface area contributed by atoms with Gasteiger partial charge in [-0.2, -0.15) is 17.0 Å². The Hall–Kier alpha value is -2.36. The lowest BCUT2D eigenvalue weighted by Gasteiger charge is -2.20. The number of carbonyl (C=O) groups is 1. The third-order valence-electron chi connectivity index (χ3n) is 4.62. The third-order valence-corrected chi connectivity index (χ3v) is 6.53. The molecule has 1 N–H and O–H groups in total. The minimum Gasteiger partial charge on any atom is -0.478 e. The summed E-state index contributed by atoms with van der Waals surface area (Å²) in [5, 5.41) is 9.19. The molecular weight excluding hydrogens is 368 g/mol. The van der Waals surface area contributed by atoms with Gasteiger partial charge in [0.25, 0.3) is 10.2 Å². The van der Waals surface area contributed by atoms with E-state index in [1.165, 1.54) is 28.8 Å². The number of nitrogens with zero attached hydrogens (tertiary/aromatic N) is 4. The van der Waals surface area contributed by atoms with E-state index < -0.39 is 16.2 Å². The zero-order valence-electron chi connectivity index (χ0n) is 15.5. The van der Waals surface area contributed by atoms with Crippen LogP contribution in [0.4, 0.5) is 0 Å². The smallest absolute Gasteiger partial charge is 0.335 e. The molecule has 1 saturated heterocycles. The standard InChI is InChI=1S/C18H22N4O4S/c1-12-19-16(13-5-4-6-14(9-13)18(23)24)10-17(20-12)15-7-8-22(11-15)27(25,26)21(2)3/h4-6,9-10,15H,7-8,11H2,1-3H3,(H,23,24)/t15-/m0/s1. The van der Waals surface area contributed by atoms with Crippen LogP contribution >= 0.6 is 0 Å². The molecule has 1 aromatic heterocycles. The molecule has 2 heterocycles. The van der Waals surface area contributed by atoms with Gasteiger partial charge in [0.05, 0.1) is 11.3 Å². The lowest BCUT2D eigenvalue weighted by atomic mass is 10.0. The fourth-order valence-electron chi connectivity index (χ4n) is 3.17. The first-order valence-electron chi connectivity index (χ1n) is 8.55. The van der Waals surface area contributed by atoms with Crippen molar-refractivity contribution in [2.75, 3.05) is 27.2 Å². The molecule has 1 atom stereocenters. The highest BCUT2D eigenvalue weighted by atomic mass is 32.2. The van der Waals surface area contributed by atoms with E-state index in [0.29, 0.717) is 36.6 Å². The molecular formula is C18H22N4O4S. The van der Waals surface area contributed by atoms with Crippen molar-refractivity contribution in [1.82, 2.24) is 18.6 Å². The van der Waals surface area contributed by atoms with E-state index in [9.17, 15) is 18.3 Å². The third kappa shape index (κ3) is 4.00. The highest BCUT2D eigenvalue weighted by Crippen LogP contribution is 2.30. The van der Waals surface area contributed by atoms with Crippen molar-refractivity contribution in [3.63, 3.8) is 0 Å². The summed E-state index contributed by atoms with van der Waals surface area (Å²) < 4.78 is 27.3. The predicted molar refractivity (Wildman–Crippen MR) is 101 cm³/mol. The van der Waals surface area contributed by atoms with Crippen LogP contribution in [0, 0.1) is 6.92 Å². The van der Waals surface area contributed by atoms with Gasteiger partial charge in [-0.25, -0.2) is 14.8 Å². The molecule has 0 amide bonds. The first kappa shape index (κ1) is 19.4. The Morgan fingerprint density at radius 3 is 2.67 bits per heavy atom. The molecule has 1 aromatic carbocycles. The Morgan fingerprint density at radius 1 is 1.26 bits per heavy atom. The maximum absolute atomic E-state index is 12.3. The number of aromatic carboxylic acids is 1. The number of carboxylic acid groups (broad SMARTS) is 1. The van der Waals surface area contributed by atoms with Crippen molar-refractivity contribution in [2.24, 2.45) is 0 Å². The quantitative estimate of drug-likeness (QED) is 0.834. The summed E-state index contributed by atoms with van der Waals surface area (Å²) in [5.74, 6) is -0.455. The van der Waals surface area contributed by atoms with E-state index in [2.05, 4.69) is 9.97 Å². The molecule has 3 rings (SSSR count). The van der Waals surface area contributed by atoms with Gasteiger partial charge in [-0.1, -0.05) is 12.1 Å². The summed E-state index contributed by atoms with van der Waals surface area (Å²) in [6, 6.07) is 8.41. The van der Waals surface area contributed by atoms with E-state index in [4.69, 9.17) is 0 Å². The topological polar surface area (TPSA) is 104 Å². The van der Waals surface area contributed by atoms with Gasteiger partial charge < -0.3 is 5.11 Å². The molecule has 1 aliphatic rings. The number of rotatable bonds is 5. The molecule has 27 heavy (non-hydrogen) atoms. The number of hydrogen-bond acceptors (Lipinski definition) is 5. The average Bonchev–Trinajstić information content (AvgIpc) is 3.12. The summed E-state index contributed by atoms with van der Waals surface area (Å²) in [6.07, 6.45) is 0.679. The second-order valence-electron chi connectivity index (χ2n) is 6.75. The van der Waals surface area contributed by atoms with Crippen LogP contribution in [-0.4, -0.2) is 65.3 Å². The van der Waals surface area contributed by atoms with E-state index >= 15 is 0 Å². The monoisotopic (exact) mass is 390 g/mol. The van der Waals surface area contributed by atoms with E-state index in [1.54, 1.807) is 25.1 Å². The van der Waals surface area contributed by atoms with Crippen LogP contribution in [0.25, 0.3) is 11.3 Å². The molecule has 0 unspecified atom stereocenters. The van der Waals surface area contributed by atoms with Crippen molar-refractivity contribution in [1.29, 1.82) is 0 Å². The van der Waals surface area contributed by atoms with Crippen LogP contribution < -0.4 is 0 Å². The molecule has 1 aliphatic heterocycles. The largest absolute Gasteiger partial charge is 0.478 e. The van der Waals surface area contributed by atoms with Gasteiger partial charge in [0.1, 0.15) is 5.82 Å². The predicted octanol–water partition coefficient (Wildman–Crippen LogP) is 1.75. The Bertz CT molecular complexity index is 975. The van der Waals surface area contributed by atoms with Gasteiger partial charge in [-0.05, 0) is 31.5 Å². The van der Waals surface area contributed by atoms with Gasteiger partial charge in [-0.15, -0.1) is 0 Å². The van der Waals surface area contributed by atoms with E-state index in [0.717, 1.165) is 5.69 Å². The maximum atomic E-state index is 12.3. The molecule has 0 spiro atoms. The van der Waals surface area contributed by atoms with Gasteiger partial charge in [-0.3, -0.25) is 0 Å². The fourth-order valence-corrected chi connectivity index (χ4v) is 4.34. The van der Waals surface area contributed by atoms with Crippen LogP contribution in [0.2, 0.25) is 0 Å². The Morgan fingerprint density at radius 2 is 2.00 bits per heavy atom. The summed E-state index contributed by atoms with van der Waals surface area (Å²) in [7, 11) is -0.409. The molecule has 2 aromatic rings. The normalized spacial score (nSPS) is 18.1. The van der Waals surface area contributed by atoms with Crippen LogP contribution in [0.3, 0.4) is 0 Å². The zero-order valence-corrected chi connectivity index (χ0v) is 16.3. The average molecular weight is 390 g/mol. The first-order valence-corrected chi connectivity index (χ1v) is 9.95. The Balaban J connectivity index is 1.91. The zero-order chi connectivity index (χ0) is 19.8. The summed E-state index contributed by atoms with van der Waals surface area (Å²) in [4.78, 5) is 20.1. The molecule has 8 nitrogen and oxygen atoms in total. The number of aryl methyl sites for hydroxylation is 1. The molecule has 0 saturated carbocycles. The first-order chi connectivity index (χ1) is 12.7. The lowest BCUT2D eigenvalue weighted by molar-refractivity contribution is 0.0697.